The van der Waals surface area contributed by atoms with Crippen molar-refractivity contribution in [1.82, 2.24) is 10.6 Å². The summed E-state index contributed by atoms with van der Waals surface area (Å²) in [5.41, 5.74) is 2.04. The Hall–Kier alpha value is -1.37. The van der Waals surface area contributed by atoms with Gasteiger partial charge in [0, 0.05) is 37.4 Å². The highest BCUT2D eigenvalue weighted by molar-refractivity contribution is 7.78. The highest BCUT2D eigenvalue weighted by atomic mass is 31.2. The first-order chi connectivity index (χ1) is 15.1. The lowest BCUT2D eigenvalue weighted by molar-refractivity contribution is -0.136. The van der Waals surface area contributed by atoms with E-state index in [1.54, 1.807) is 20.8 Å². The van der Waals surface area contributed by atoms with Crippen LogP contribution >= 0.6 is 14.7 Å². The molecule has 0 saturated carbocycles. The molecule has 0 spiro atoms. The van der Waals surface area contributed by atoms with E-state index in [0.29, 0.717) is 24.2 Å². The van der Waals surface area contributed by atoms with Crippen molar-refractivity contribution in [3.63, 3.8) is 0 Å². The van der Waals surface area contributed by atoms with Crippen LogP contribution in [-0.2, 0) is 20.3 Å². The number of ether oxygens (including phenoxy) is 1. The summed E-state index contributed by atoms with van der Waals surface area (Å²) in [6.07, 6.45) is 1.31. The molecule has 11 heteroatoms. The maximum absolute atomic E-state index is 13.2. The van der Waals surface area contributed by atoms with Crippen LogP contribution in [-0.4, -0.2) is 56.8 Å². The second-order valence-corrected chi connectivity index (χ2v) is 15.4. The molecule has 5 N–H and O–H groups in total. The molecule has 0 saturated heterocycles. The van der Waals surface area contributed by atoms with E-state index in [0.717, 1.165) is 16.7 Å². The number of phenols is 1. The minimum atomic E-state index is -4.73. The number of fused-ring (bicyclic) bond motifs is 1. The summed E-state index contributed by atoms with van der Waals surface area (Å²) < 4.78 is 31.6. The van der Waals surface area contributed by atoms with E-state index >= 15 is 0 Å². The first-order valence-corrected chi connectivity index (χ1v) is 14.9. The van der Waals surface area contributed by atoms with Gasteiger partial charge in [-0.15, -0.1) is 0 Å². The third-order valence-corrected chi connectivity index (χ3v) is 14.2. The molecular weight excluding hydrogens is 466 g/mol. The minimum absolute atomic E-state index is 0.0368. The van der Waals surface area contributed by atoms with Crippen LogP contribution in [0.1, 0.15) is 56.4 Å². The molecule has 1 aliphatic heterocycles. The quantitative estimate of drug-likeness (QED) is 0.254. The van der Waals surface area contributed by atoms with Gasteiger partial charge >= 0.3 is 7.60 Å². The number of benzene rings is 1. The lowest BCUT2D eigenvalue weighted by atomic mass is 9.86. The monoisotopic (exact) mass is 504 g/mol. The molecule has 1 aromatic rings. The maximum atomic E-state index is 13.2. The predicted molar refractivity (Wildman–Crippen MR) is 130 cm³/mol. The van der Waals surface area contributed by atoms with E-state index in [1.807, 2.05) is 20.8 Å². The van der Waals surface area contributed by atoms with Crippen molar-refractivity contribution in [3.05, 3.63) is 22.3 Å². The van der Waals surface area contributed by atoms with E-state index in [-0.39, 0.29) is 37.1 Å². The number of rotatable bonds is 9. The van der Waals surface area contributed by atoms with E-state index in [2.05, 4.69) is 10.6 Å². The lowest BCUT2D eigenvalue weighted by Gasteiger charge is -2.38. The molecule has 2 atom stereocenters. The summed E-state index contributed by atoms with van der Waals surface area (Å²) in [6.45, 7) is 11.9. The molecule has 33 heavy (non-hydrogen) atoms. The molecule has 2 rings (SSSR count). The number of amides is 1. The van der Waals surface area contributed by atoms with Gasteiger partial charge in [0.1, 0.15) is 18.6 Å². The fraction of sp³-hybridized carbons (Fsp3) is 0.682. The van der Waals surface area contributed by atoms with Crippen LogP contribution in [0.2, 0.25) is 0 Å². The lowest BCUT2D eigenvalue weighted by Crippen LogP contribution is -2.53. The molecule has 9 nitrogen and oxygen atoms in total. The summed E-state index contributed by atoms with van der Waals surface area (Å²) in [5.74, 6) is 0.522. The molecule has 0 aromatic heterocycles. The van der Waals surface area contributed by atoms with Crippen LogP contribution < -0.4 is 15.4 Å². The zero-order valence-corrected chi connectivity index (χ0v) is 22.4. The standard InChI is InChI=1S/C22H38N2O7P2/c1-8-32(27,9-2)22(7,33(28,29)30)24-13-12-23-20(26)21(6)11-10-17-16(5)18(25)14(3)15(4)19(17)31-21/h24-25H,8-13H2,1-7H3,(H,23,26)(H2,28,29,30). The Morgan fingerprint density at radius 2 is 1.67 bits per heavy atom. The molecule has 0 radical (unpaired) electrons. The van der Waals surface area contributed by atoms with E-state index in [4.69, 9.17) is 4.74 Å². The Balaban J connectivity index is 2.11. The second kappa shape index (κ2) is 9.71. The van der Waals surface area contributed by atoms with Gasteiger partial charge in [-0.2, -0.15) is 0 Å². The number of hydrogen-bond acceptors (Lipinski definition) is 6. The van der Waals surface area contributed by atoms with Crippen LogP contribution in [0.4, 0.5) is 0 Å². The summed E-state index contributed by atoms with van der Waals surface area (Å²) >= 11 is 0. The molecule has 0 aliphatic carbocycles. The highest BCUT2D eigenvalue weighted by Gasteiger charge is 2.54. The van der Waals surface area contributed by atoms with Gasteiger partial charge in [-0.05, 0) is 57.7 Å². The summed E-state index contributed by atoms with van der Waals surface area (Å²) in [6, 6.07) is 0. The van der Waals surface area contributed by atoms with Crippen molar-refractivity contribution >= 4 is 20.6 Å². The Morgan fingerprint density at radius 3 is 2.18 bits per heavy atom. The third-order valence-electron chi connectivity index (χ3n) is 7.25. The van der Waals surface area contributed by atoms with Gasteiger partial charge in [0.15, 0.2) is 10.6 Å². The van der Waals surface area contributed by atoms with E-state index in [9.17, 15) is 28.8 Å². The zero-order chi connectivity index (χ0) is 25.4. The maximum Gasteiger partial charge on any atom is 0.352 e. The van der Waals surface area contributed by atoms with Crippen molar-refractivity contribution < 1.29 is 33.6 Å². The van der Waals surface area contributed by atoms with Crippen molar-refractivity contribution in [3.8, 4) is 11.5 Å². The Labute approximate surface area is 196 Å². The second-order valence-electron chi connectivity index (χ2n) is 9.13. The molecule has 1 heterocycles. The van der Waals surface area contributed by atoms with Gasteiger partial charge in [0.05, 0.1) is 0 Å². The van der Waals surface area contributed by atoms with Crippen LogP contribution in [0.3, 0.4) is 0 Å². The van der Waals surface area contributed by atoms with Crippen LogP contribution in [0.25, 0.3) is 0 Å². The number of hydrogen-bond donors (Lipinski definition) is 5. The summed E-state index contributed by atoms with van der Waals surface area (Å²) in [4.78, 5) is 32.8. The van der Waals surface area contributed by atoms with E-state index < -0.39 is 25.4 Å². The number of carbonyl (C=O) groups excluding carboxylic acids is 1. The fourth-order valence-corrected chi connectivity index (χ4v) is 9.54. The normalized spacial score (nSPS) is 20.5. The van der Waals surface area contributed by atoms with Gasteiger partial charge in [0.2, 0.25) is 0 Å². The molecular formula is C22H38N2O7P2. The Morgan fingerprint density at radius 1 is 1.09 bits per heavy atom. The predicted octanol–water partition coefficient (Wildman–Crippen LogP) is 3.36. The van der Waals surface area contributed by atoms with E-state index in [1.165, 1.54) is 6.92 Å². The minimum Gasteiger partial charge on any atom is -0.507 e. The fourth-order valence-electron chi connectivity index (χ4n) is 4.39. The van der Waals surface area contributed by atoms with Crippen LogP contribution in [0.5, 0.6) is 11.5 Å². The zero-order valence-electron chi connectivity index (χ0n) is 20.6. The molecule has 0 fully saturated rings. The van der Waals surface area contributed by atoms with Crippen molar-refractivity contribution in [2.24, 2.45) is 0 Å². The van der Waals surface area contributed by atoms with Gasteiger partial charge in [0.25, 0.3) is 5.91 Å². The van der Waals surface area contributed by atoms with Crippen molar-refractivity contribution in [2.45, 2.75) is 71.9 Å². The number of phenolic OH excluding ortho intramolecular Hbond substituents is 1. The Kier molecular flexibility index (Phi) is 8.20. The molecule has 1 aliphatic rings. The first-order valence-electron chi connectivity index (χ1n) is 11.3. The Bertz CT molecular complexity index is 1010. The number of carbonyl (C=O) groups is 1. The van der Waals surface area contributed by atoms with Crippen molar-refractivity contribution in [1.29, 1.82) is 0 Å². The molecule has 2 unspecified atom stereocenters. The highest BCUT2D eigenvalue weighted by Crippen LogP contribution is 2.70. The molecule has 1 aromatic carbocycles. The molecule has 188 valence electrons. The number of aromatic hydroxyl groups is 1. The first kappa shape index (κ1) is 27.9. The third kappa shape index (κ3) is 4.89. The smallest absolute Gasteiger partial charge is 0.352 e. The topological polar surface area (TPSA) is 145 Å². The van der Waals surface area contributed by atoms with Crippen LogP contribution in [0.15, 0.2) is 0 Å². The largest absolute Gasteiger partial charge is 0.507 e. The summed E-state index contributed by atoms with van der Waals surface area (Å²) in [5, 5.41) is 14.0. The van der Waals surface area contributed by atoms with Gasteiger partial charge in [-0.25, -0.2) is 0 Å². The average Bonchev–Trinajstić information content (AvgIpc) is 2.77. The van der Waals surface area contributed by atoms with Crippen molar-refractivity contribution in [2.75, 3.05) is 25.4 Å². The number of nitrogens with one attached hydrogen (secondary N) is 2. The van der Waals surface area contributed by atoms with Crippen LogP contribution in [0, 0.1) is 20.8 Å². The molecule has 0 bridgehead atoms. The van der Waals surface area contributed by atoms with Gasteiger partial charge in [-0.3, -0.25) is 14.7 Å². The summed E-state index contributed by atoms with van der Waals surface area (Å²) in [7, 11) is -7.95. The van der Waals surface area contributed by atoms with Gasteiger partial charge < -0.3 is 29.5 Å². The average molecular weight is 505 g/mol. The SMILES string of the molecule is CCP(=O)(CC)C(C)(NCCNC(=O)C1(C)CCc2c(C)c(O)c(C)c(C)c2O1)P(=O)(O)O. The van der Waals surface area contributed by atoms with Gasteiger partial charge in [-0.1, -0.05) is 13.8 Å². The molecule has 1 amide bonds.